The topological polar surface area (TPSA) is 41.6 Å². The van der Waals surface area contributed by atoms with Gasteiger partial charge in [-0.05, 0) is 36.3 Å². The Balaban J connectivity index is 1.61. The van der Waals surface area contributed by atoms with E-state index in [9.17, 15) is 4.79 Å². The van der Waals surface area contributed by atoms with Gasteiger partial charge >= 0.3 is 0 Å². The van der Waals surface area contributed by atoms with Crippen LogP contribution in [0.3, 0.4) is 0 Å². The van der Waals surface area contributed by atoms with Crippen LogP contribution in [-0.2, 0) is 9.53 Å². The van der Waals surface area contributed by atoms with Crippen molar-refractivity contribution in [3.05, 3.63) is 71.8 Å². The molecular formula is C21H24N2O2. The molecular weight excluding hydrogens is 312 g/mol. The summed E-state index contributed by atoms with van der Waals surface area (Å²) < 4.78 is 5.41. The predicted molar refractivity (Wildman–Crippen MR) is 102 cm³/mol. The van der Waals surface area contributed by atoms with Crippen molar-refractivity contribution in [2.45, 2.75) is 13.0 Å². The van der Waals surface area contributed by atoms with Gasteiger partial charge in [0.15, 0.2) is 0 Å². The van der Waals surface area contributed by atoms with Crippen molar-refractivity contribution in [2.24, 2.45) is 0 Å². The molecule has 130 valence electrons. The molecule has 0 unspecified atom stereocenters. The van der Waals surface area contributed by atoms with E-state index in [0.717, 1.165) is 37.4 Å². The van der Waals surface area contributed by atoms with Gasteiger partial charge in [0.1, 0.15) is 0 Å². The third kappa shape index (κ3) is 4.94. The van der Waals surface area contributed by atoms with Gasteiger partial charge in [0.05, 0.1) is 19.3 Å². The summed E-state index contributed by atoms with van der Waals surface area (Å²) in [5, 5.41) is 3.03. The second-order valence-corrected chi connectivity index (χ2v) is 6.17. The molecule has 1 N–H and O–H groups in total. The van der Waals surface area contributed by atoms with Crippen LogP contribution in [0.4, 0.5) is 5.69 Å². The molecule has 1 heterocycles. The molecule has 1 saturated heterocycles. The first-order valence-electron chi connectivity index (χ1n) is 8.68. The molecule has 2 aromatic carbocycles. The molecule has 25 heavy (non-hydrogen) atoms. The van der Waals surface area contributed by atoms with Crippen LogP contribution in [0.15, 0.2) is 60.7 Å². The van der Waals surface area contributed by atoms with E-state index in [-0.39, 0.29) is 11.9 Å². The molecule has 0 aliphatic carbocycles. The molecule has 3 rings (SSSR count). The minimum absolute atomic E-state index is 0.0473. The third-order valence-corrected chi connectivity index (χ3v) is 4.33. The van der Waals surface area contributed by atoms with Crippen LogP contribution in [-0.4, -0.2) is 32.2 Å². The number of nitrogens with zero attached hydrogens (tertiary/aromatic N) is 1. The summed E-state index contributed by atoms with van der Waals surface area (Å²) in [6.45, 7) is 5.35. The minimum Gasteiger partial charge on any atom is -0.378 e. The second-order valence-electron chi connectivity index (χ2n) is 6.17. The first-order chi connectivity index (χ1) is 12.2. The number of morpholine rings is 1. The maximum atomic E-state index is 12.2. The first-order valence-corrected chi connectivity index (χ1v) is 8.68. The van der Waals surface area contributed by atoms with E-state index in [0.29, 0.717) is 0 Å². The number of anilines is 1. The maximum absolute atomic E-state index is 12.2. The molecule has 1 aliphatic heterocycles. The molecule has 0 radical (unpaired) electrons. The molecule has 1 amide bonds. The highest BCUT2D eigenvalue weighted by Gasteiger charge is 2.13. The van der Waals surface area contributed by atoms with Crippen molar-refractivity contribution in [3.8, 4) is 0 Å². The van der Waals surface area contributed by atoms with E-state index < -0.39 is 0 Å². The van der Waals surface area contributed by atoms with Gasteiger partial charge in [-0.2, -0.15) is 0 Å². The summed E-state index contributed by atoms with van der Waals surface area (Å²) >= 11 is 0. The predicted octanol–water partition coefficient (Wildman–Crippen LogP) is 3.41. The van der Waals surface area contributed by atoms with Crippen molar-refractivity contribution >= 4 is 17.7 Å². The Kier molecular flexibility index (Phi) is 5.86. The zero-order chi connectivity index (χ0) is 17.5. The third-order valence-electron chi connectivity index (χ3n) is 4.33. The van der Waals surface area contributed by atoms with Crippen LogP contribution in [0, 0.1) is 0 Å². The monoisotopic (exact) mass is 336 g/mol. The van der Waals surface area contributed by atoms with Gasteiger partial charge in [0, 0.05) is 24.9 Å². The van der Waals surface area contributed by atoms with E-state index in [1.165, 1.54) is 5.69 Å². The van der Waals surface area contributed by atoms with Gasteiger partial charge in [0.2, 0.25) is 5.91 Å². The number of ether oxygens (including phenoxy) is 1. The van der Waals surface area contributed by atoms with Crippen LogP contribution < -0.4 is 10.2 Å². The molecule has 0 spiro atoms. The fourth-order valence-corrected chi connectivity index (χ4v) is 2.89. The number of hydrogen-bond acceptors (Lipinski definition) is 3. The van der Waals surface area contributed by atoms with E-state index in [1.807, 2.05) is 49.4 Å². The van der Waals surface area contributed by atoms with Crippen LogP contribution in [0.1, 0.15) is 24.1 Å². The Hall–Kier alpha value is -2.59. The molecule has 4 heteroatoms. The molecule has 0 aromatic heterocycles. The second kappa shape index (κ2) is 8.49. The van der Waals surface area contributed by atoms with Crippen LogP contribution in [0.5, 0.6) is 0 Å². The lowest BCUT2D eigenvalue weighted by atomic mass is 10.1. The van der Waals surface area contributed by atoms with Gasteiger partial charge in [-0.15, -0.1) is 0 Å². The summed E-state index contributed by atoms with van der Waals surface area (Å²) in [7, 11) is 0. The highest BCUT2D eigenvalue weighted by atomic mass is 16.5. The zero-order valence-electron chi connectivity index (χ0n) is 14.5. The van der Waals surface area contributed by atoms with Crippen LogP contribution in [0.2, 0.25) is 0 Å². The Morgan fingerprint density at radius 3 is 2.64 bits per heavy atom. The summed E-state index contributed by atoms with van der Waals surface area (Å²) in [6.07, 6.45) is 3.41. The van der Waals surface area contributed by atoms with Crippen molar-refractivity contribution in [2.75, 3.05) is 31.2 Å². The summed E-state index contributed by atoms with van der Waals surface area (Å²) in [6, 6.07) is 18.1. The van der Waals surface area contributed by atoms with E-state index in [4.69, 9.17) is 4.74 Å². The number of amides is 1. The fraction of sp³-hybridized carbons (Fsp3) is 0.286. The number of nitrogens with one attached hydrogen (secondary N) is 1. The minimum atomic E-state index is -0.0897. The Bertz CT molecular complexity index is 722. The van der Waals surface area contributed by atoms with Crippen molar-refractivity contribution in [3.63, 3.8) is 0 Å². The van der Waals surface area contributed by atoms with Crippen molar-refractivity contribution < 1.29 is 9.53 Å². The highest BCUT2D eigenvalue weighted by Crippen LogP contribution is 2.21. The van der Waals surface area contributed by atoms with Crippen molar-refractivity contribution in [1.82, 2.24) is 5.32 Å². The normalized spacial score (nSPS) is 16.0. The van der Waals surface area contributed by atoms with Crippen LogP contribution in [0.25, 0.3) is 6.08 Å². The number of carbonyl (C=O) groups is 1. The van der Waals surface area contributed by atoms with Gasteiger partial charge in [-0.3, -0.25) is 4.79 Å². The maximum Gasteiger partial charge on any atom is 0.244 e. The summed E-state index contributed by atoms with van der Waals surface area (Å²) in [4.78, 5) is 14.5. The summed E-state index contributed by atoms with van der Waals surface area (Å²) in [5.74, 6) is -0.0897. The molecule has 4 nitrogen and oxygen atoms in total. The fourth-order valence-electron chi connectivity index (χ4n) is 2.89. The van der Waals surface area contributed by atoms with Crippen LogP contribution >= 0.6 is 0 Å². The number of benzene rings is 2. The molecule has 2 aromatic rings. The quantitative estimate of drug-likeness (QED) is 0.851. The number of rotatable bonds is 5. The Labute approximate surface area is 149 Å². The highest BCUT2D eigenvalue weighted by molar-refractivity contribution is 5.91. The first kappa shape index (κ1) is 17.2. The lowest BCUT2D eigenvalue weighted by Crippen LogP contribution is -2.36. The van der Waals surface area contributed by atoms with Crippen molar-refractivity contribution in [1.29, 1.82) is 0 Å². The summed E-state index contributed by atoms with van der Waals surface area (Å²) in [5.41, 5.74) is 3.30. The smallest absolute Gasteiger partial charge is 0.244 e. The largest absolute Gasteiger partial charge is 0.378 e. The number of hydrogen-bond donors (Lipinski definition) is 1. The van der Waals surface area contributed by atoms with Gasteiger partial charge in [0.25, 0.3) is 0 Å². The lowest BCUT2D eigenvalue weighted by Gasteiger charge is -2.29. The molecule has 1 atom stereocenters. The Morgan fingerprint density at radius 1 is 1.12 bits per heavy atom. The zero-order valence-corrected chi connectivity index (χ0v) is 14.5. The standard InChI is InChI=1S/C21H24N2O2/c1-17(22-21(24)11-10-18-6-3-2-4-7-18)19-8-5-9-20(16-19)23-12-14-25-15-13-23/h2-11,16-17H,12-15H2,1H3,(H,22,24)/t17-/m0/s1. The average Bonchev–Trinajstić information content (AvgIpc) is 2.68. The van der Waals surface area contributed by atoms with Gasteiger partial charge in [-0.25, -0.2) is 0 Å². The Morgan fingerprint density at radius 2 is 1.88 bits per heavy atom. The molecule has 0 bridgehead atoms. The van der Waals surface area contributed by atoms with Gasteiger partial charge in [-0.1, -0.05) is 42.5 Å². The molecule has 1 fully saturated rings. The van der Waals surface area contributed by atoms with E-state index >= 15 is 0 Å². The molecule has 0 saturated carbocycles. The average molecular weight is 336 g/mol. The molecule has 1 aliphatic rings. The van der Waals surface area contributed by atoms with E-state index in [2.05, 4.69) is 28.4 Å². The SMILES string of the molecule is C[C@H](NC(=O)C=Cc1ccccc1)c1cccc(N2CCOCC2)c1. The van der Waals surface area contributed by atoms with Gasteiger partial charge < -0.3 is 15.0 Å². The lowest BCUT2D eigenvalue weighted by molar-refractivity contribution is -0.117. The number of carbonyl (C=O) groups excluding carboxylic acids is 1. The van der Waals surface area contributed by atoms with E-state index in [1.54, 1.807) is 6.08 Å².